The lowest BCUT2D eigenvalue weighted by Gasteiger charge is -2.59. The van der Waals surface area contributed by atoms with Gasteiger partial charge in [-0.1, -0.05) is 0 Å². The molecule has 0 aliphatic heterocycles. The van der Waals surface area contributed by atoms with Crippen LogP contribution in [0.15, 0.2) is 0 Å². The van der Waals surface area contributed by atoms with E-state index in [9.17, 15) is 4.79 Å². The monoisotopic (exact) mass is 231 g/mol. The SMILES string of the molecule is CC(=O)C(CC#N)C12CC3CC(CC(C3)C1)C2. The zero-order chi connectivity index (χ0) is 12.0. The van der Waals surface area contributed by atoms with E-state index in [-0.39, 0.29) is 17.1 Å². The third kappa shape index (κ3) is 1.71. The molecule has 4 rings (SSSR count). The molecule has 4 bridgehead atoms. The van der Waals surface area contributed by atoms with Crippen molar-refractivity contribution in [3.8, 4) is 6.07 Å². The average molecular weight is 231 g/mol. The van der Waals surface area contributed by atoms with Crippen molar-refractivity contribution in [2.45, 2.75) is 51.9 Å². The zero-order valence-electron chi connectivity index (χ0n) is 10.6. The minimum atomic E-state index is 0.0286. The Balaban J connectivity index is 1.90. The predicted molar refractivity (Wildman–Crippen MR) is 65.0 cm³/mol. The Morgan fingerprint density at radius 1 is 1.24 bits per heavy atom. The lowest BCUT2D eigenvalue weighted by Crippen LogP contribution is -2.51. The average Bonchev–Trinajstić information content (AvgIpc) is 2.23. The molecule has 2 heteroatoms. The molecular formula is C15H21NO. The van der Waals surface area contributed by atoms with E-state index in [0.717, 1.165) is 17.8 Å². The number of nitrogens with zero attached hydrogens (tertiary/aromatic N) is 1. The molecule has 0 heterocycles. The molecule has 0 radical (unpaired) electrons. The second-order valence-electron chi connectivity index (χ2n) is 6.81. The molecule has 17 heavy (non-hydrogen) atoms. The molecule has 0 aromatic carbocycles. The molecule has 0 N–H and O–H groups in total. The van der Waals surface area contributed by atoms with E-state index in [0.29, 0.717) is 6.42 Å². The fourth-order valence-electron chi connectivity index (χ4n) is 5.49. The van der Waals surface area contributed by atoms with Gasteiger partial charge in [-0.05, 0) is 68.6 Å². The number of hydrogen-bond acceptors (Lipinski definition) is 2. The third-order valence-electron chi connectivity index (χ3n) is 5.61. The smallest absolute Gasteiger partial charge is 0.134 e. The van der Waals surface area contributed by atoms with Crippen LogP contribution >= 0.6 is 0 Å². The molecule has 92 valence electrons. The second-order valence-corrected chi connectivity index (χ2v) is 6.81. The topological polar surface area (TPSA) is 40.9 Å². The van der Waals surface area contributed by atoms with Gasteiger partial charge < -0.3 is 0 Å². The molecule has 0 amide bonds. The van der Waals surface area contributed by atoms with Gasteiger partial charge in [-0.2, -0.15) is 5.26 Å². The highest BCUT2D eigenvalue weighted by atomic mass is 16.1. The summed E-state index contributed by atoms with van der Waals surface area (Å²) in [6.07, 6.45) is 8.32. The maximum Gasteiger partial charge on any atom is 0.134 e. The summed E-state index contributed by atoms with van der Waals surface area (Å²) < 4.78 is 0. The maximum absolute atomic E-state index is 11.9. The van der Waals surface area contributed by atoms with Gasteiger partial charge in [-0.3, -0.25) is 4.79 Å². The van der Waals surface area contributed by atoms with Gasteiger partial charge >= 0.3 is 0 Å². The van der Waals surface area contributed by atoms with Crippen LogP contribution in [0.4, 0.5) is 0 Å². The summed E-state index contributed by atoms with van der Waals surface area (Å²) in [5.74, 6) is 2.87. The van der Waals surface area contributed by atoms with Gasteiger partial charge in [0.1, 0.15) is 5.78 Å². The Morgan fingerprint density at radius 3 is 2.06 bits per heavy atom. The maximum atomic E-state index is 11.9. The molecule has 1 unspecified atom stereocenters. The van der Waals surface area contributed by atoms with Crippen LogP contribution in [0.3, 0.4) is 0 Å². The summed E-state index contributed by atoms with van der Waals surface area (Å²) >= 11 is 0. The summed E-state index contributed by atoms with van der Waals surface area (Å²) in [6.45, 7) is 1.70. The Hall–Kier alpha value is -0.840. The van der Waals surface area contributed by atoms with Crippen molar-refractivity contribution in [1.82, 2.24) is 0 Å². The van der Waals surface area contributed by atoms with Crippen LogP contribution in [-0.2, 0) is 4.79 Å². The van der Waals surface area contributed by atoms with Crippen molar-refractivity contribution in [3.05, 3.63) is 0 Å². The standard InChI is InChI=1S/C15H21NO/c1-10(17)14(2-3-16)15-7-11-4-12(8-15)6-13(5-11)9-15/h11-14H,2,4-9H2,1H3. The van der Waals surface area contributed by atoms with Crippen molar-refractivity contribution in [1.29, 1.82) is 5.26 Å². The normalized spacial score (nSPS) is 44.4. The van der Waals surface area contributed by atoms with Gasteiger partial charge in [0.05, 0.1) is 6.07 Å². The predicted octanol–water partition coefficient (Wildman–Crippen LogP) is 3.32. The quantitative estimate of drug-likeness (QED) is 0.747. The summed E-state index contributed by atoms with van der Waals surface area (Å²) in [5.41, 5.74) is 0.219. The molecule has 4 aliphatic carbocycles. The fourth-order valence-corrected chi connectivity index (χ4v) is 5.49. The van der Waals surface area contributed by atoms with Crippen molar-refractivity contribution in [2.24, 2.45) is 29.1 Å². The van der Waals surface area contributed by atoms with Gasteiger partial charge in [-0.15, -0.1) is 0 Å². The molecule has 4 fully saturated rings. The zero-order valence-corrected chi connectivity index (χ0v) is 10.6. The van der Waals surface area contributed by atoms with E-state index in [2.05, 4.69) is 6.07 Å². The molecule has 2 nitrogen and oxygen atoms in total. The minimum absolute atomic E-state index is 0.0286. The number of hydrogen-bond donors (Lipinski definition) is 0. The van der Waals surface area contributed by atoms with Gasteiger partial charge in [0, 0.05) is 12.3 Å². The largest absolute Gasteiger partial charge is 0.300 e. The highest BCUT2D eigenvalue weighted by Gasteiger charge is 2.54. The first kappa shape index (κ1) is 11.3. The molecule has 4 saturated carbocycles. The van der Waals surface area contributed by atoms with Gasteiger partial charge in [0.25, 0.3) is 0 Å². The number of ketones is 1. The van der Waals surface area contributed by atoms with E-state index in [1.807, 2.05) is 0 Å². The Bertz CT molecular complexity index is 344. The summed E-state index contributed by atoms with van der Waals surface area (Å²) in [5, 5.41) is 8.98. The van der Waals surface area contributed by atoms with Gasteiger partial charge in [0.15, 0.2) is 0 Å². The number of rotatable bonds is 3. The molecule has 0 aromatic heterocycles. The summed E-state index contributed by atoms with van der Waals surface area (Å²) in [4.78, 5) is 11.9. The molecule has 4 aliphatic rings. The van der Waals surface area contributed by atoms with E-state index in [1.165, 1.54) is 38.5 Å². The fraction of sp³-hybridized carbons (Fsp3) is 0.867. The van der Waals surface area contributed by atoms with Gasteiger partial charge in [-0.25, -0.2) is 0 Å². The van der Waals surface area contributed by atoms with E-state index >= 15 is 0 Å². The lowest BCUT2D eigenvalue weighted by molar-refractivity contribution is -0.136. The molecule has 0 saturated heterocycles. The number of carbonyl (C=O) groups excluding carboxylic acids is 1. The lowest BCUT2D eigenvalue weighted by atomic mass is 9.46. The van der Waals surface area contributed by atoms with E-state index < -0.39 is 0 Å². The third-order valence-corrected chi connectivity index (χ3v) is 5.61. The number of carbonyl (C=O) groups is 1. The van der Waals surface area contributed by atoms with E-state index in [4.69, 9.17) is 5.26 Å². The summed E-state index contributed by atoms with van der Waals surface area (Å²) in [6, 6.07) is 2.25. The Kier molecular flexibility index (Phi) is 2.54. The van der Waals surface area contributed by atoms with Crippen molar-refractivity contribution >= 4 is 5.78 Å². The first-order valence-corrected chi connectivity index (χ1v) is 7.00. The van der Waals surface area contributed by atoms with Crippen molar-refractivity contribution in [2.75, 3.05) is 0 Å². The highest BCUT2D eigenvalue weighted by Crippen LogP contribution is 2.63. The van der Waals surface area contributed by atoms with Crippen molar-refractivity contribution < 1.29 is 4.79 Å². The first-order valence-electron chi connectivity index (χ1n) is 7.00. The highest BCUT2D eigenvalue weighted by molar-refractivity contribution is 5.79. The Morgan fingerprint density at radius 2 is 1.71 bits per heavy atom. The van der Waals surface area contributed by atoms with Crippen LogP contribution in [0.5, 0.6) is 0 Å². The van der Waals surface area contributed by atoms with Crippen LogP contribution in [0.25, 0.3) is 0 Å². The molecular weight excluding hydrogens is 210 g/mol. The molecule has 0 aromatic rings. The van der Waals surface area contributed by atoms with E-state index in [1.54, 1.807) is 6.92 Å². The second kappa shape index (κ2) is 3.83. The summed E-state index contributed by atoms with van der Waals surface area (Å²) in [7, 11) is 0. The van der Waals surface area contributed by atoms with Crippen LogP contribution in [-0.4, -0.2) is 5.78 Å². The molecule has 0 spiro atoms. The first-order chi connectivity index (χ1) is 8.13. The molecule has 1 atom stereocenters. The number of Topliss-reactive ketones (excluding diaryl/α,β-unsaturated/α-hetero) is 1. The Labute approximate surface area is 103 Å². The minimum Gasteiger partial charge on any atom is -0.300 e. The van der Waals surface area contributed by atoms with Crippen LogP contribution in [0.1, 0.15) is 51.9 Å². The van der Waals surface area contributed by atoms with Gasteiger partial charge in [0.2, 0.25) is 0 Å². The van der Waals surface area contributed by atoms with Crippen molar-refractivity contribution in [3.63, 3.8) is 0 Å². The number of nitriles is 1. The van der Waals surface area contributed by atoms with Crippen LogP contribution in [0, 0.1) is 40.4 Å². The van der Waals surface area contributed by atoms with Crippen LogP contribution in [0.2, 0.25) is 0 Å². The van der Waals surface area contributed by atoms with Crippen LogP contribution < -0.4 is 0 Å².